The molecule has 0 saturated carbocycles. The molecule has 1 atom stereocenters. The van der Waals surface area contributed by atoms with Crippen LogP contribution in [0.3, 0.4) is 0 Å². The van der Waals surface area contributed by atoms with Gasteiger partial charge >= 0.3 is 6.09 Å². The Morgan fingerprint density at radius 2 is 1.97 bits per heavy atom. The van der Waals surface area contributed by atoms with Crippen molar-refractivity contribution in [3.05, 3.63) is 88.7 Å². The van der Waals surface area contributed by atoms with Gasteiger partial charge in [0.05, 0.1) is 30.4 Å². The zero-order valence-electron chi connectivity index (χ0n) is 18.4. The van der Waals surface area contributed by atoms with Crippen LogP contribution in [0, 0.1) is 18.6 Å². The molecule has 9 heteroatoms. The minimum Gasteiger partial charge on any atom is -0.492 e. The van der Waals surface area contributed by atoms with Gasteiger partial charge in [0.2, 0.25) is 0 Å². The van der Waals surface area contributed by atoms with Crippen LogP contribution in [0.5, 0.6) is 5.75 Å². The van der Waals surface area contributed by atoms with Crippen LogP contribution in [0.4, 0.5) is 19.3 Å². The number of halogens is 2. The van der Waals surface area contributed by atoms with Crippen LogP contribution < -0.4 is 15.4 Å². The molecule has 0 fully saturated rings. The number of aryl methyl sites for hydroxylation is 1. The standard InChI is InChI=1S/C25H23F2N3O4/c1-15-14-17(5-7-19(15)26)29-24(31)18-6-8-20(27)22-21(10-13-33-23(18)22)30-25(32)34-12-9-16-4-2-3-11-28-16/h2-8,11,14,21H,9-10,12-13H2,1H3,(H,29,31)(H,30,32)/t21-/m0/s1. The maximum atomic E-state index is 14.8. The number of nitrogens with zero attached hydrogens (tertiary/aromatic N) is 1. The van der Waals surface area contributed by atoms with Crippen LogP contribution in [0.25, 0.3) is 0 Å². The molecule has 176 valence electrons. The van der Waals surface area contributed by atoms with Crippen molar-refractivity contribution in [2.45, 2.75) is 25.8 Å². The summed E-state index contributed by atoms with van der Waals surface area (Å²) in [4.78, 5) is 29.4. The van der Waals surface area contributed by atoms with E-state index in [0.717, 1.165) is 11.8 Å². The van der Waals surface area contributed by atoms with Gasteiger partial charge in [0.1, 0.15) is 17.4 Å². The number of aromatic nitrogens is 1. The lowest BCUT2D eigenvalue weighted by atomic mass is 9.96. The van der Waals surface area contributed by atoms with Crippen LogP contribution in [0.1, 0.15) is 39.6 Å². The number of rotatable bonds is 6. The third-order valence-corrected chi connectivity index (χ3v) is 5.41. The van der Waals surface area contributed by atoms with E-state index < -0.39 is 23.9 Å². The molecule has 4 rings (SSSR count). The number of hydrogen-bond acceptors (Lipinski definition) is 5. The van der Waals surface area contributed by atoms with Gasteiger partial charge < -0.3 is 20.1 Å². The first-order chi connectivity index (χ1) is 16.4. The second-order valence-corrected chi connectivity index (χ2v) is 7.80. The van der Waals surface area contributed by atoms with Gasteiger partial charge in [-0.25, -0.2) is 13.6 Å². The fraction of sp³-hybridized carbons (Fsp3) is 0.240. The van der Waals surface area contributed by atoms with Gasteiger partial charge in [-0.05, 0) is 55.0 Å². The van der Waals surface area contributed by atoms with Crippen molar-refractivity contribution < 1.29 is 27.8 Å². The predicted octanol–water partition coefficient (Wildman–Crippen LogP) is 4.71. The SMILES string of the molecule is Cc1cc(NC(=O)c2ccc(F)c3c2OCC[C@@H]3NC(=O)OCCc2ccccn2)ccc1F. The molecule has 34 heavy (non-hydrogen) atoms. The molecular formula is C25H23F2N3O4. The number of carbonyl (C=O) groups is 2. The summed E-state index contributed by atoms with van der Waals surface area (Å²) >= 11 is 0. The number of pyridine rings is 1. The first-order valence-corrected chi connectivity index (χ1v) is 10.8. The van der Waals surface area contributed by atoms with E-state index in [0.29, 0.717) is 24.1 Å². The number of benzene rings is 2. The Balaban J connectivity index is 1.46. The van der Waals surface area contributed by atoms with Crippen LogP contribution in [-0.2, 0) is 11.2 Å². The number of ether oxygens (including phenoxy) is 2. The van der Waals surface area contributed by atoms with Gasteiger partial charge in [0, 0.05) is 30.4 Å². The molecule has 1 aliphatic rings. The van der Waals surface area contributed by atoms with Gasteiger partial charge in [-0.2, -0.15) is 0 Å². The molecule has 0 aliphatic carbocycles. The summed E-state index contributed by atoms with van der Waals surface area (Å²) in [6.07, 6.45) is 1.70. The zero-order valence-corrected chi connectivity index (χ0v) is 18.4. The maximum Gasteiger partial charge on any atom is 0.407 e. The number of anilines is 1. The molecule has 0 unspecified atom stereocenters. The van der Waals surface area contributed by atoms with E-state index in [1.165, 1.54) is 24.3 Å². The Labute approximate surface area is 195 Å². The fourth-order valence-corrected chi connectivity index (χ4v) is 3.70. The van der Waals surface area contributed by atoms with Crippen molar-refractivity contribution in [3.8, 4) is 5.75 Å². The van der Waals surface area contributed by atoms with Crippen molar-refractivity contribution in [3.63, 3.8) is 0 Å². The molecule has 0 spiro atoms. The van der Waals surface area contributed by atoms with E-state index >= 15 is 0 Å². The van der Waals surface area contributed by atoms with Gasteiger partial charge in [0.15, 0.2) is 0 Å². The Hall–Kier alpha value is -4.01. The van der Waals surface area contributed by atoms with Gasteiger partial charge in [-0.3, -0.25) is 9.78 Å². The summed E-state index contributed by atoms with van der Waals surface area (Å²) in [5, 5.41) is 5.33. The van der Waals surface area contributed by atoms with Crippen LogP contribution in [0.2, 0.25) is 0 Å². The Morgan fingerprint density at radius 3 is 2.74 bits per heavy atom. The number of carbonyl (C=O) groups excluding carboxylic acids is 2. The lowest BCUT2D eigenvalue weighted by Gasteiger charge is -2.28. The third-order valence-electron chi connectivity index (χ3n) is 5.41. The number of hydrogen-bond donors (Lipinski definition) is 2. The second-order valence-electron chi connectivity index (χ2n) is 7.80. The number of amides is 2. The lowest BCUT2D eigenvalue weighted by Crippen LogP contribution is -2.34. The molecule has 1 aromatic heterocycles. The average Bonchev–Trinajstić information content (AvgIpc) is 2.82. The molecule has 0 bridgehead atoms. The van der Waals surface area contributed by atoms with Gasteiger partial charge in [-0.1, -0.05) is 6.07 Å². The van der Waals surface area contributed by atoms with E-state index in [2.05, 4.69) is 15.6 Å². The Bertz CT molecular complexity index is 1200. The second kappa shape index (κ2) is 10.3. The quantitative estimate of drug-likeness (QED) is 0.548. The minimum absolute atomic E-state index is 0.0568. The highest BCUT2D eigenvalue weighted by atomic mass is 19.1. The molecule has 2 amide bonds. The smallest absolute Gasteiger partial charge is 0.407 e. The summed E-state index contributed by atoms with van der Waals surface area (Å²) in [6, 6.07) is 11.4. The predicted molar refractivity (Wildman–Crippen MR) is 121 cm³/mol. The Morgan fingerprint density at radius 1 is 1.15 bits per heavy atom. The van der Waals surface area contributed by atoms with Crippen molar-refractivity contribution in [1.82, 2.24) is 10.3 Å². The highest BCUT2D eigenvalue weighted by Gasteiger charge is 2.31. The van der Waals surface area contributed by atoms with Crippen molar-refractivity contribution in [2.24, 2.45) is 0 Å². The van der Waals surface area contributed by atoms with Crippen molar-refractivity contribution in [1.29, 1.82) is 0 Å². The number of fused-ring (bicyclic) bond motifs is 1. The molecule has 3 aromatic rings. The molecule has 2 heterocycles. The van der Waals surface area contributed by atoms with Crippen molar-refractivity contribution >= 4 is 17.7 Å². The topological polar surface area (TPSA) is 89.6 Å². The normalized spacial score (nSPS) is 14.5. The number of nitrogens with one attached hydrogen (secondary N) is 2. The van der Waals surface area contributed by atoms with Crippen LogP contribution >= 0.6 is 0 Å². The molecule has 1 aliphatic heterocycles. The molecule has 2 aromatic carbocycles. The molecule has 7 nitrogen and oxygen atoms in total. The van der Waals surface area contributed by atoms with E-state index in [4.69, 9.17) is 9.47 Å². The molecule has 0 radical (unpaired) electrons. The first-order valence-electron chi connectivity index (χ1n) is 10.8. The molecule has 2 N–H and O–H groups in total. The number of alkyl carbamates (subject to hydrolysis) is 1. The first kappa shape index (κ1) is 23.2. The summed E-state index contributed by atoms with van der Waals surface area (Å²) in [5.74, 6) is -1.48. The zero-order chi connectivity index (χ0) is 24.1. The largest absolute Gasteiger partial charge is 0.492 e. The lowest BCUT2D eigenvalue weighted by molar-refractivity contribution is 0.102. The molecule has 0 saturated heterocycles. The van der Waals surface area contributed by atoms with Crippen LogP contribution in [0.15, 0.2) is 54.7 Å². The Kier molecular flexibility index (Phi) is 7.01. The summed E-state index contributed by atoms with van der Waals surface area (Å²) in [5.41, 5.74) is 1.74. The monoisotopic (exact) mass is 467 g/mol. The van der Waals surface area contributed by atoms with Crippen molar-refractivity contribution in [2.75, 3.05) is 18.5 Å². The van der Waals surface area contributed by atoms with E-state index in [9.17, 15) is 18.4 Å². The molecular weight excluding hydrogens is 444 g/mol. The van der Waals surface area contributed by atoms with E-state index in [-0.39, 0.29) is 35.9 Å². The summed E-state index contributed by atoms with van der Waals surface area (Å²) in [6.45, 7) is 1.87. The highest BCUT2D eigenvalue weighted by molar-refractivity contribution is 6.06. The van der Waals surface area contributed by atoms with Gasteiger partial charge in [0.25, 0.3) is 5.91 Å². The van der Waals surface area contributed by atoms with E-state index in [1.807, 2.05) is 12.1 Å². The van der Waals surface area contributed by atoms with Crippen LogP contribution in [-0.4, -0.2) is 30.2 Å². The third kappa shape index (κ3) is 5.31. The summed E-state index contributed by atoms with van der Waals surface area (Å²) in [7, 11) is 0. The fourth-order valence-electron chi connectivity index (χ4n) is 3.70. The summed E-state index contributed by atoms with van der Waals surface area (Å²) < 4.78 is 39.1. The average molecular weight is 467 g/mol. The maximum absolute atomic E-state index is 14.8. The van der Waals surface area contributed by atoms with E-state index in [1.54, 1.807) is 19.2 Å². The minimum atomic E-state index is -0.730. The highest BCUT2D eigenvalue weighted by Crippen LogP contribution is 2.37. The van der Waals surface area contributed by atoms with Gasteiger partial charge in [-0.15, -0.1) is 0 Å².